The highest BCUT2D eigenvalue weighted by atomic mass is 79.9. The van der Waals surface area contributed by atoms with Crippen LogP contribution in [0, 0.1) is 5.82 Å². The molecule has 19 heavy (non-hydrogen) atoms. The Bertz CT molecular complexity index is 457. The summed E-state index contributed by atoms with van der Waals surface area (Å²) in [5.74, 6) is 0.518. The maximum atomic E-state index is 13.1. The Kier molecular flexibility index (Phi) is 3.81. The quantitative estimate of drug-likeness (QED) is 0.851. The molecule has 1 aromatic carbocycles. The molecule has 1 aromatic rings. The summed E-state index contributed by atoms with van der Waals surface area (Å²) in [4.78, 5) is 0. The number of hydrogen-bond acceptors (Lipinski definition) is 2. The normalized spacial score (nSPS) is 20.9. The molecule has 0 spiro atoms. The molecule has 2 fully saturated rings. The van der Waals surface area contributed by atoms with Crippen LogP contribution < -0.4 is 10.1 Å². The van der Waals surface area contributed by atoms with Crippen molar-refractivity contribution in [2.75, 3.05) is 6.54 Å². The van der Waals surface area contributed by atoms with Crippen LogP contribution in [0.15, 0.2) is 22.7 Å². The minimum Gasteiger partial charge on any atom is -0.486 e. The third kappa shape index (κ3) is 3.29. The minimum atomic E-state index is -0.239. The van der Waals surface area contributed by atoms with E-state index in [1.807, 2.05) is 0 Å². The van der Waals surface area contributed by atoms with Gasteiger partial charge in [-0.15, -0.1) is 0 Å². The van der Waals surface area contributed by atoms with Gasteiger partial charge in [-0.05, 0) is 79.2 Å². The van der Waals surface area contributed by atoms with E-state index < -0.39 is 0 Å². The summed E-state index contributed by atoms with van der Waals surface area (Å²) in [5, 5.41) is 3.54. The average Bonchev–Trinajstić information content (AvgIpc) is 3.13. The van der Waals surface area contributed by atoms with Gasteiger partial charge in [-0.1, -0.05) is 0 Å². The van der Waals surface area contributed by atoms with Crippen molar-refractivity contribution >= 4 is 15.9 Å². The summed E-state index contributed by atoms with van der Waals surface area (Å²) in [7, 11) is 0. The summed E-state index contributed by atoms with van der Waals surface area (Å²) in [6.45, 7) is 1.02. The number of rotatable bonds is 6. The maximum absolute atomic E-state index is 13.1. The highest BCUT2D eigenvalue weighted by molar-refractivity contribution is 9.10. The Morgan fingerprint density at radius 2 is 2.16 bits per heavy atom. The molecule has 2 saturated carbocycles. The zero-order valence-corrected chi connectivity index (χ0v) is 12.5. The van der Waals surface area contributed by atoms with E-state index >= 15 is 0 Å². The fourth-order valence-electron chi connectivity index (χ4n) is 2.56. The van der Waals surface area contributed by atoms with Crippen molar-refractivity contribution in [1.82, 2.24) is 5.32 Å². The highest BCUT2D eigenvalue weighted by Gasteiger charge is 2.39. The van der Waals surface area contributed by atoms with Gasteiger partial charge < -0.3 is 10.1 Å². The van der Waals surface area contributed by atoms with Gasteiger partial charge in [-0.25, -0.2) is 4.39 Å². The van der Waals surface area contributed by atoms with Crippen molar-refractivity contribution in [3.05, 3.63) is 28.5 Å². The fourth-order valence-corrected chi connectivity index (χ4v) is 2.99. The zero-order chi connectivity index (χ0) is 13.3. The molecule has 2 aliphatic carbocycles. The zero-order valence-electron chi connectivity index (χ0n) is 10.9. The van der Waals surface area contributed by atoms with Gasteiger partial charge in [-0.2, -0.15) is 0 Å². The van der Waals surface area contributed by atoms with Crippen LogP contribution in [-0.4, -0.2) is 18.2 Å². The van der Waals surface area contributed by atoms with Gasteiger partial charge in [0.2, 0.25) is 0 Å². The molecule has 0 aliphatic heterocycles. The molecule has 0 unspecified atom stereocenters. The lowest BCUT2D eigenvalue weighted by Crippen LogP contribution is -2.45. The van der Waals surface area contributed by atoms with Crippen molar-refractivity contribution in [3.8, 4) is 5.75 Å². The fraction of sp³-hybridized carbons (Fsp3) is 0.600. The van der Waals surface area contributed by atoms with Crippen molar-refractivity contribution in [1.29, 1.82) is 0 Å². The summed E-state index contributed by atoms with van der Waals surface area (Å²) < 4.78 is 20.0. The van der Waals surface area contributed by atoms with Crippen molar-refractivity contribution in [2.45, 2.75) is 50.2 Å². The molecule has 0 aromatic heterocycles. The smallest absolute Gasteiger partial charge is 0.134 e. The van der Waals surface area contributed by atoms with Crippen molar-refractivity contribution in [3.63, 3.8) is 0 Å². The second-order valence-electron chi connectivity index (χ2n) is 5.69. The van der Waals surface area contributed by atoms with E-state index in [-0.39, 0.29) is 11.4 Å². The molecule has 2 aliphatic rings. The maximum Gasteiger partial charge on any atom is 0.134 e. The molecule has 0 bridgehead atoms. The van der Waals surface area contributed by atoms with Crippen molar-refractivity contribution < 1.29 is 9.13 Å². The van der Waals surface area contributed by atoms with Gasteiger partial charge in [0.25, 0.3) is 0 Å². The summed E-state index contributed by atoms with van der Waals surface area (Å²) in [5.41, 5.74) is -0.0394. The van der Waals surface area contributed by atoms with Crippen LogP contribution in [0.4, 0.5) is 4.39 Å². The molecule has 1 N–H and O–H groups in total. The lowest BCUT2D eigenvalue weighted by atomic mass is 9.77. The first kappa shape index (κ1) is 13.4. The first-order valence-electron chi connectivity index (χ1n) is 7.04. The Morgan fingerprint density at radius 3 is 2.74 bits per heavy atom. The molecule has 0 atom stereocenters. The molecule has 0 saturated heterocycles. The highest BCUT2D eigenvalue weighted by Crippen LogP contribution is 2.41. The van der Waals surface area contributed by atoms with E-state index in [1.165, 1.54) is 31.4 Å². The van der Waals surface area contributed by atoms with Gasteiger partial charge in [0, 0.05) is 6.04 Å². The molecule has 4 heteroatoms. The molecule has 3 rings (SSSR count). The van der Waals surface area contributed by atoms with E-state index in [1.54, 1.807) is 6.07 Å². The molecular weight excluding hydrogens is 309 g/mol. The van der Waals surface area contributed by atoms with Crippen LogP contribution in [0.25, 0.3) is 0 Å². The second kappa shape index (κ2) is 5.41. The second-order valence-corrected chi connectivity index (χ2v) is 6.55. The molecule has 0 amide bonds. The third-order valence-corrected chi connectivity index (χ3v) is 4.70. The van der Waals surface area contributed by atoms with Crippen LogP contribution in [0.2, 0.25) is 0 Å². The third-order valence-electron chi connectivity index (χ3n) is 4.08. The van der Waals surface area contributed by atoms with Gasteiger partial charge >= 0.3 is 0 Å². The summed E-state index contributed by atoms with van der Waals surface area (Å²) >= 11 is 3.37. The Labute approximate surface area is 121 Å². The predicted octanol–water partition coefficient (Wildman–Crippen LogP) is 4.03. The number of ether oxygens (including phenoxy) is 1. The van der Waals surface area contributed by atoms with Crippen LogP contribution in [-0.2, 0) is 0 Å². The van der Waals surface area contributed by atoms with Crippen molar-refractivity contribution in [2.24, 2.45) is 0 Å². The topological polar surface area (TPSA) is 21.3 Å². The largest absolute Gasteiger partial charge is 0.486 e. The SMILES string of the molecule is Fc1ccc(OC2(CCNC3CC3)CCC2)c(Br)c1. The van der Waals surface area contributed by atoms with Crippen LogP contribution in [0.1, 0.15) is 38.5 Å². The van der Waals surface area contributed by atoms with Gasteiger partial charge in [-0.3, -0.25) is 0 Å². The summed E-state index contributed by atoms with van der Waals surface area (Å²) in [6, 6.07) is 5.38. The minimum absolute atomic E-state index is 0.0394. The van der Waals surface area contributed by atoms with Gasteiger partial charge in [0.1, 0.15) is 17.2 Å². The number of halogens is 2. The van der Waals surface area contributed by atoms with Crippen LogP contribution in [0.5, 0.6) is 5.75 Å². The molecular formula is C15H19BrFNO. The standard InChI is InChI=1S/C15H19BrFNO/c16-13-10-11(17)2-5-14(13)19-15(6-1-7-15)8-9-18-12-3-4-12/h2,5,10,12,18H,1,3-4,6-9H2. The predicted molar refractivity (Wildman–Crippen MR) is 77.0 cm³/mol. The van der Waals surface area contributed by atoms with Crippen LogP contribution >= 0.6 is 15.9 Å². The number of benzene rings is 1. The number of hydrogen-bond donors (Lipinski definition) is 1. The van der Waals surface area contributed by atoms with Gasteiger partial charge in [0.15, 0.2) is 0 Å². The Hall–Kier alpha value is -0.610. The molecule has 0 radical (unpaired) electrons. The molecule has 104 valence electrons. The lowest BCUT2D eigenvalue weighted by molar-refractivity contribution is -0.0149. The lowest BCUT2D eigenvalue weighted by Gasteiger charge is -2.42. The number of nitrogens with one attached hydrogen (secondary N) is 1. The molecule has 0 heterocycles. The first-order chi connectivity index (χ1) is 9.17. The monoisotopic (exact) mass is 327 g/mol. The van der Waals surface area contributed by atoms with E-state index in [2.05, 4.69) is 21.2 Å². The van der Waals surface area contributed by atoms with E-state index in [9.17, 15) is 4.39 Å². The summed E-state index contributed by atoms with van der Waals surface area (Å²) in [6.07, 6.45) is 7.09. The van der Waals surface area contributed by atoms with E-state index in [0.717, 1.165) is 37.6 Å². The van der Waals surface area contributed by atoms with Crippen LogP contribution in [0.3, 0.4) is 0 Å². The van der Waals surface area contributed by atoms with Gasteiger partial charge in [0.05, 0.1) is 4.47 Å². The Balaban J connectivity index is 1.60. The molecule has 2 nitrogen and oxygen atoms in total. The average molecular weight is 328 g/mol. The first-order valence-corrected chi connectivity index (χ1v) is 7.84. The van der Waals surface area contributed by atoms with E-state index in [0.29, 0.717) is 4.47 Å². The Morgan fingerprint density at radius 1 is 1.37 bits per heavy atom. The van der Waals surface area contributed by atoms with E-state index in [4.69, 9.17) is 4.74 Å².